The molecule has 0 spiro atoms. The van der Waals surface area contributed by atoms with Crippen LogP contribution in [0.2, 0.25) is 0 Å². The van der Waals surface area contributed by atoms with Crippen molar-refractivity contribution in [3.8, 4) is 0 Å². The quantitative estimate of drug-likeness (QED) is 0.768. The lowest BCUT2D eigenvalue weighted by molar-refractivity contribution is 0.280. The molecule has 0 saturated heterocycles. The van der Waals surface area contributed by atoms with Crippen molar-refractivity contribution in [3.63, 3.8) is 0 Å². The van der Waals surface area contributed by atoms with E-state index in [0.717, 1.165) is 0 Å². The van der Waals surface area contributed by atoms with Crippen LogP contribution < -0.4 is 0 Å². The molecule has 11 heavy (non-hydrogen) atoms. The Morgan fingerprint density at radius 3 is 2.73 bits per heavy atom. The van der Waals surface area contributed by atoms with Gasteiger partial charge in [-0.1, -0.05) is 12.1 Å². The third-order valence-corrected chi connectivity index (χ3v) is 2.38. The van der Waals surface area contributed by atoms with E-state index in [1.54, 1.807) is 19.1 Å². The first-order valence-corrected chi connectivity index (χ1v) is 4.00. The zero-order valence-electron chi connectivity index (χ0n) is 6.06. The number of hydrogen-bond donors (Lipinski definition) is 1. The van der Waals surface area contributed by atoms with Crippen LogP contribution >= 0.6 is 15.9 Å². The van der Waals surface area contributed by atoms with Gasteiger partial charge in [0.05, 0.1) is 11.1 Å². The third kappa shape index (κ3) is 1.60. The van der Waals surface area contributed by atoms with Crippen molar-refractivity contribution in [1.29, 1.82) is 0 Å². The lowest BCUT2D eigenvalue weighted by Crippen LogP contribution is -1.91. The molecule has 0 aliphatic heterocycles. The molecule has 0 aromatic heterocycles. The Balaban J connectivity index is 3.25. The van der Waals surface area contributed by atoms with E-state index in [9.17, 15) is 4.39 Å². The van der Waals surface area contributed by atoms with Crippen LogP contribution in [0.25, 0.3) is 0 Å². The number of benzene rings is 1. The summed E-state index contributed by atoms with van der Waals surface area (Å²) in [5.41, 5.74) is 1.15. The highest BCUT2D eigenvalue weighted by molar-refractivity contribution is 9.10. The van der Waals surface area contributed by atoms with Crippen molar-refractivity contribution in [1.82, 2.24) is 0 Å². The van der Waals surface area contributed by atoms with Crippen LogP contribution in [0, 0.1) is 12.7 Å². The maximum atomic E-state index is 13.0. The molecule has 60 valence electrons. The molecule has 1 aromatic carbocycles. The lowest BCUT2D eigenvalue weighted by Gasteiger charge is -2.03. The minimum absolute atomic E-state index is 0.141. The SMILES string of the molecule is Cc1ccc(CO)c(Br)c1F. The van der Waals surface area contributed by atoms with Crippen molar-refractivity contribution >= 4 is 15.9 Å². The monoisotopic (exact) mass is 218 g/mol. The summed E-state index contributed by atoms with van der Waals surface area (Å²) in [5, 5.41) is 8.74. The third-order valence-electron chi connectivity index (χ3n) is 1.53. The Hall–Kier alpha value is -0.410. The Labute approximate surface area is 73.0 Å². The first kappa shape index (κ1) is 8.68. The molecule has 0 aliphatic rings. The largest absolute Gasteiger partial charge is 0.392 e. The second-order valence-corrected chi connectivity index (χ2v) is 3.12. The molecule has 0 amide bonds. The highest BCUT2D eigenvalue weighted by Crippen LogP contribution is 2.22. The second-order valence-electron chi connectivity index (χ2n) is 2.33. The summed E-state index contributed by atoms with van der Waals surface area (Å²) in [6.07, 6.45) is 0. The van der Waals surface area contributed by atoms with E-state index in [-0.39, 0.29) is 12.4 Å². The topological polar surface area (TPSA) is 20.2 Å². The van der Waals surface area contributed by atoms with Crippen molar-refractivity contribution in [3.05, 3.63) is 33.5 Å². The molecule has 3 heteroatoms. The smallest absolute Gasteiger partial charge is 0.140 e. The summed E-state index contributed by atoms with van der Waals surface area (Å²) < 4.78 is 13.4. The molecule has 1 rings (SSSR count). The number of rotatable bonds is 1. The van der Waals surface area contributed by atoms with Crippen LogP contribution in [-0.2, 0) is 6.61 Å². The minimum Gasteiger partial charge on any atom is -0.392 e. The number of hydrogen-bond acceptors (Lipinski definition) is 1. The second kappa shape index (κ2) is 3.32. The summed E-state index contributed by atoms with van der Waals surface area (Å²) in [5.74, 6) is -0.295. The van der Waals surface area contributed by atoms with E-state index in [1.807, 2.05) is 0 Å². The van der Waals surface area contributed by atoms with Crippen LogP contribution in [0.3, 0.4) is 0 Å². The standard InChI is InChI=1S/C8H8BrFO/c1-5-2-3-6(4-11)7(9)8(5)10/h2-3,11H,4H2,1H3. The van der Waals surface area contributed by atoms with Crippen LogP contribution in [0.15, 0.2) is 16.6 Å². The van der Waals surface area contributed by atoms with Gasteiger partial charge in [0.1, 0.15) is 5.82 Å². The summed E-state index contributed by atoms with van der Waals surface area (Å²) in [4.78, 5) is 0. The van der Waals surface area contributed by atoms with E-state index in [2.05, 4.69) is 15.9 Å². The molecule has 0 aliphatic carbocycles. The Morgan fingerprint density at radius 2 is 2.18 bits per heavy atom. The van der Waals surface area contributed by atoms with Crippen LogP contribution in [0.1, 0.15) is 11.1 Å². The van der Waals surface area contributed by atoms with E-state index >= 15 is 0 Å². The zero-order valence-corrected chi connectivity index (χ0v) is 7.65. The van der Waals surface area contributed by atoms with Gasteiger partial charge >= 0.3 is 0 Å². The van der Waals surface area contributed by atoms with Gasteiger partial charge in [0, 0.05) is 0 Å². The van der Waals surface area contributed by atoms with Crippen molar-refractivity contribution in [2.24, 2.45) is 0 Å². The molecule has 0 atom stereocenters. The van der Waals surface area contributed by atoms with Gasteiger partial charge in [0.2, 0.25) is 0 Å². The number of aryl methyl sites for hydroxylation is 1. The fourth-order valence-electron chi connectivity index (χ4n) is 0.808. The Kier molecular flexibility index (Phi) is 2.62. The molecular formula is C8H8BrFO. The molecule has 1 aromatic rings. The van der Waals surface area contributed by atoms with Crippen LogP contribution in [-0.4, -0.2) is 5.11 Å². The van der Waals surface area contributed by atoms with E-state index in [4.69, 9.17) is 5.11 Å². The van der Waals surface area contributed by atoms with Crippen LogP contribution in [0.5, 0.6) is 0 Å². The lowest BCUT2D eigenvalue weighted by atomic mass is 10.1. The van der Waals surface area contributed by atoms with Gasteiger partial charge in [-0.15, -0.1) is 0 Å². The van der Waals surface area contributed by atoms with Gasteiger partial charge in [0.25, 0.3) is 0 Å². The maximum absolute atomic E-state index is 13.0. The van der Waals surface area contributed by atoms with Crippen molar-refractivity contribution < 1.29 is 9.50 Å². The fourth-order valence-corrected chi connectivity index (χ4v) is 1.38. The molecule has 1 nitrogen and oxygen atoms in total. The molecule has 1 N–H and O–H groups in total. The van der Waals surface area contributed by atoms with Gasteiger partial charge in [-0.2, -0.15) is 0 Å². The molecule has 0 bridgehead atoms. The molecule has 0 saturated carbocycles. The summed E-state index contributed by atoms with van der Waals surface area (Å²) in [6.45, 7) is 1.54. The fraction of sp³-hybridized carbons (Fsp3) is 0.250. The van der Waals surface area contributed by atoms with E-state index in [0.29, 0.717) is 15.6 Å². The zero-order chi connectivity index (χ0) is 8.43. The molecule has 0 heterocycles. The Morgan fingerprint density at radius 1 is 1.55 bits per heavy atom. The van der Waals surface area contributed by atoms with Crippen molar-refractivity contribution in [2.75, 3.05) is 0 Å². The molecule has 0 unspecified atom stereocenters. The van der Waals surface area contributed by atoms with Gasteiger partial charge in [0.15, 0.2) is 0 Å². The average molecular weight is 219 g/mol. The minimum atomic E-state index is -0.295. The van der Waals surface area contributed by atoms with Gasteiger partial charge in [-0.05, 0) is 34.0 Å². The summed E-state index contributed by atoms with van der Waals surface area (Å²) in [7, 11) is 0. The maximum Gasteiger partial charge on any atom is 0.140 e. The van der Waals surface area contributed by atoms with Gasteiger partial charge in [-0.25, -0.2) is 4.39 Å². The van der Waals surface area contributed by atoms with E-state index in [1.165, 1.54) is 0 Å². The predicted octanol–water partition coefficient (Wildman–Crippen LogP) is 2.39. The number of aliphatic hydroxyl groups excluding tert-OH is 1. The highest BCUT2D eigenvalue weighted by atomic mass is 79.9. The molecule has 0 fully saturated rings. The van der Waals surface area contributed by atoms with Gasteiger partial charge in [-0.3, -0.25) is 0 Å². The normalized spacial score (nSPS) is 10.2. The predicted molar refractivity (Wildman–Crippen MR) is 44.8 cm³/mol. The first-order valence-electron chi connectivity index (χ1n) is 3.21. The first-order chi connectivity index (χ1) is 5.16. The molecular weight excluding hydrogens is 211 g/mol. The number of aliphatic hydroxyl groups is 1. The average Bonchev–Trinajstić information content (AvgIpc) is 2.01. The molecule has 0 radical (unpaired) electrons. The Bertz CT molecular complexity index is 273. The van der Waals surface area contributed by atoms with Crippen LogP contribution in [0.4, 0.5) is 4.39 Å². The van der Waals surface area contributed by atoms with Crippen molar-refractivity contribution in [2.45, 2.75) is 13.5 Å². The van der Waals surface area contributed by atoms with Gasteiger partial charge < -0.3 is 5.11 Å². The van der Waals surface area contributed by atoms with E-state index < -0.39 is 0 Å². The summed E-state index contributed by atoms with van der Waals surface area (Å²) in [6, 6.07) is 3.34. The number of halogens is 2. The highest BCUT2D eigenvalue weighted by Gasteiger charge is 2.06. The summed E-state index contributed by atoms with van der Waals surface area (Å²) >= 11 is 3.06.